The molecular formula is C15H30. The fraction of sp³-hybridized carbons (Fsp3) is 0.733. The summed E-state index contributed by atoms with van der Waals surface area (Å²) in [5.41, 5.74) is 5.69. The number of allylic oxidation sites excluding steroid dienone is 4. The molecule has 0 atom stereocenters. The maximum atomic E-state index is 2.21. The molecule has 0 N–H and O–H groups in total. The highest BCUT2D eigenvalue weighted by atomic mass is 14.0. The summed E-state index contributed by atoms with van der Waals surface area (Å²) < 4.78 is 0. The molecule has 0 aliphatic carbocycles. The molecule has 0 amide bonds. The van der Waals surface area contributed by atoms with Gasteiger partial charge < -0.3 is 0 Å². The lowest BCUT2D eigenvalue weighted by Crippen LogP contribution is -1.85. The van der Waals surface area contributed by atoms with Gasteiger partial charge in [-0.1, -0.05) is 44.3 Å². The van der Waals surface area contributed by atoms with Gasteiger partial charge in [0.05, 0.1) is 0 Å². The van der Waals surface area contributed by atoms with Crippen molar-refractivity contribution in [1.82, 2.24) is 0 Å². The molecule has 0 aromatic heterocycles. The van der Waals surface area contributed by atoms with Crippen LogP contribution in [0.25, 0.3) is 0 Å². The molecule has 90 valence electrons. The van der Waals surface area contributed by atoms with Crippen LogP contribution in [0, 0.1) is 0 Å². The van der Waals surface area contributed by atoms with Crippen molar-refractivity contribution in [2.24, 2.45) is 0 Å². The number of rotatable bonds is 3. The predicted octanol–water partition coefficient (Wildman–Crippen LogP) is 5.90. The SMILES string of the molecule is CC(C)=C(C)C(C)=C(C)C.CCCCC. The van der Waals surface area contributed by atoms with Crippen molar-refractivity contribution in [1.29, 1.82) is 0 Å². The minimum atomic E-state index is 1.34. The smallest absolute Gasteiger partial charge is 0.0396 e. The van der Waals surface area contributed by atoms with Gasteiger partial charge in [-0.2, -0.15) is 0 Å². The Hall–Kier alpha value is -0.520. The summed E-state index contributed by atoms with van der Waals surface area (Å²) in [7, 11) is 0. The first-order valence-corrected chi connectivity index (χ1v) is 6.16. The van der Waals surface area contributed by atoms with Crippen LogP contribution in [-0.2, 0) is 0 Å². The standard InChI is InChI=1S/C10H18.C5H12/c1-7(2)9(5)10(6)8(3)4;1-3-5-4-2/h1-6H3;3-5H2,1-2H3. The van der Waals surface area contributed by atoms with E-state index in [0.717, 1.165) is 0 Å². The van der Waals surface area contributed by atoms with Crippen LogP contribution in [-0.4, -0.2) is 0 Å². The number of unbranched alkanes of at least 4 members (excludes halogenated alkanes) is 2. The highest BCUT2D eigenvalue weighted by Gasteiger charge is 1.95. The zero-order valence-electron chi connectivity index (χ0n) is 12.1. The van der Waals surface area contributed by atoms with Gasteiger partial charge in [-0.05, 0) is 52.7 Å². The van der Waals surface area contributed by atoms with Crippen LogP contribution in [0.4, 0.5) is 0 Å². The average Bonchev–Trinajstić information content (AvgIpc) is 2.17. The van der Waals surface area contributed by atoms with Crippen molar-refractivity contribution >= 4 is 0 Å². The fourth-order valence-electron chi connectivity index (χ4n) is 1.10. The Balaban J connectivity index is 0. The second-order valence-electron chi connectivity index (χ2n) is 4.60. The van der Waals surface area contributed by atoms with E-state index in [0.29, 0.717) is 0 Å². The summed E-state index contributed by atoms with van der Waals surface area (Å²) in [6.07, 6.45) is 4.08. The van der Waals surface area contributed by atoms with Crippen LogP contribution in [0.2, 0.25) is 0 Å². The molecule has 0 heterocycles. The molecule has 0 aromatic rings. The zero-order chi connectivity index (χ0) is 12.4. The highest BCUT2D eigenvalue weighted by molar-refractivity contribution is 5.33. The third-order valence-corrected chi connectivity index (χ3v) is 2.77. The molecule has 0 aromatic carbocycles. The lowest BCUT2D eigenvalue weighted by Gasteiger charge is -2.05. The predicted molar refractivity (Wildman–Crippen MR) is 73.3 cm³/mol. The molecule has 0 nitrogen and oxygen atoms in total. The first-order valence-electron chi connectivity index (χ1n) is 6.16. The minimum Gasteiger partial charge on any atom is -0.0732 e. The summed E-state index contributed by atoms with van der Waals surface area (Å²) in [6.45, 7) is 17.4. The molecule has 0 spiro atoms. The van der Waals surface area contributed by atoms with E-state index >= 15 is 0 Å². The summed E-state index contributed by atoms with van der Waals surface area (Å²) >= 11 is 0. The van der Waals surface area contributed by atoms with E-state index in [-0.39, 0.29) is 0 Å². The fourth-order valence-corrected chi connectivity index (χ4v) is 1.10. The summed E-state index contributed by atoms with van der Waals surface area (Å²) in [5, 5.41) is 0. The van der Waals surface area contributed by atoms with Crippen molar-refractivity contribution in [3.8, 4) is 0 Å². The van der Waals surface area contributed by atoms with Crippen molar-refractivity contribution in [3.05, 3.63) is 22.3 Å². The minimum absolute atomic E-state index is 1.34. The second-order valence-corrected chi connectivity index (χ2v) is 4.60. The van der Waals surface area contributed by atoms with Crippen molar-refractivity contribution in [3.63, 3.8) is 0 Å². The average molecular weight is 210 g/mol. The normalized spacial score (nSPS) is 8.80. The van der Waals surface area contributed by atoms with Crippen molar-refractivity contribution in [2.45, 2.75) is 74.7 Å². The molecule has 0 aliphatic heterocycles. The quantitative estimate of drug-likeness (QED) is 0.509. The van der Waals surface area contributed by atoms with E-state index in [1.165, 1.54) is 41.6 Å². The van der Waals surface area contributed by atoms with E-state index < -0.39 is 0 Å². The zero-order valence-corrected chi connectivity index (χ0v) is 12.1. The first kappa shape index (κ1) is 16.9. The Labute approximate surface area is 97.5 Å². The van der Waals surface area contributed by atoms with Gasteiger partial charge in [-0.3, -0.25) is 0 Å². The summed E-state index contributed by atoms with van der Waals surface area (Å²) in [5.74, 6) is 0. The Morgan fingerprint density at radius 1 is 0.600 bits per heavy atom. The van der Waals surface area contributed by atoms with Crippen LogP contribution in [0.3, 0.4) is 0 Å². The van der Waals surface area contributed by atoms with Crippen LogP contribution in [0.5, 0.6) is 0 Å². The van der Waals surface area contributed by atoms with Gasteiger partial charge in [0.15, 0.2) is 0 Å². The maximum absolute atomic E-state index is 2.21. The van der Waals surface area contributed by atoms with Gasteiger partial charge in [0.25, 0.3) is 0 Å². The molecular weight excluding hydrogens is 180 g/mol. The molecule has 0 aliphatic rings. The number of hydrogen-bond donors (Lipinski definition) is 0. The Morgan fingerprint density at radius 2 is 0.867 bits per heavy atom. The summed E-state index contributed by atoms with van der Waals surface area (Å²) in [6, 6.07) is 0. The molecule has 0 rings (SSSR count). The second kappa shape index (κ2) is 10.0. The molecule has 0 bridgehead atoms. The van der Waals surface area contributed by atoms with Gasteiger partial charge in [0.1, 0.15) is 0 Å². The molecule has 0 fully saturated rings. The molecule has 0 heteroatoms. The van der Waals surface area contributed by atoms with Gasteiger partial charge in [0, 0.05) is 0 Å². The van der Waals surface area contributed by atoms with Crippen molar-refractivity contribution < 1.29 is 0 Å². The van der Waals surface area contributed by atoms with E-state index in [2.05, 4.69) is 55.4 Å². The largest absolute Gasteiger partial charge is 0.0732 e. The lowest BCUT2D eigenvalue weighted by molar-refractivity contribution is 0.772. The van der Waals surface area contributed by atoms with Gasteiger partial charge in [-0.25, -0.2) is 0 Å². The van der Waals surface area contributed by atoms with Gasteiger partial charge >= 0.3 is 0 Å². The van der Waals surface area contributed by atoms with Crippen LogP contribution >= 0.6 is 0 Å². The molecule has 15 heavy (non-hydrogen) atoms. The topological polar surface area (TPSA) is 0 Å². The van der Waals surface area contributed by atoms with E-state index in [4.69, 9.17) is 0 Å². The Kier molecular flexibility index (Phi) is 11.3. The van der Waals surface area contributed by atoms with Crippen LogP contribution in [0.1, 0.15) is 74.7 Å². The van der Waals surface area contributed by atoms with Crippen LogP contribution in [0.15, 0.2) is 22.3 Å². The van der Waals surface area contributed by atoms with Gasteiger partial charge in [0.2, 0.25) is 0 Å². The molecule has 0 radical (unpaired) electrons. The number of hydrogen-bond acceptors (Lipinski definition) is 0. The van der Waals surface area contributed by atoms with E-state index in [1.54, 1.807) is 0 Å². The van der Waals surface area contributed by atoms with E-state index in [1.807, 2.05) is 0 Å². The summed E-state index contributed by atoms with van der Waals surface area (Å²) in [4.78, 5) is 0. The molecule has 0 unspecified atom stereocenters. The molecule has 0 saturated heterocycles. The Morgan fingerprint density at radius 3 is 0.933 bits per heavy atom. The van der Waals surface area contributed by atoms with Crippen molar-refractivity contribution in [2.75, 3.05) is 0 Å². The third-order valence-electron chi connectivity index (χ3n) is 2.77. The first-order chi connectivity index (χ1) is 6.88. The van der Waals surface area contributed by atoms with E-state index in [9.17, 15) is 0 Å². The van der Waals surface area contributed by atoms with Crippen LogP contribution < -0.4 is 0 Å². The third kappa shape index (κ3) is 9.78. The highest BCUT2D eigenvalue weighted by Crippen LogP contribution is 2.16. The molecule has 0 saturated carbocycles. The van der Waals surface area contributed by atoms with Gasteiger partial charge in [-0.15, -0.1) is 0 Å². The Bertz CT molecular complexity index is 184. The monoisotopic (exact) mass is 210 g/mol. The maximum Gasteiger partial charge on any atom is -0.0396 e. The lowest BCUT2D eigenvalue weighted by atomic mass is 10.0.